The SMILES string of the molecule is C[C@@H](C#N)Sc1nnc(COc2ccc(Cl)cc2)o1. The lowest BCUT2D eigenvalue weighted by Gasteiger charge is -2.02. The van der Waals surface area contributed by atoms with E-state index >= 15 is 0 Å². The zero-order valence-corrected chi connectivity index (χ0v) is 11.6. The van der Waals surface area contributed by atoms with Crippen LogP contribution in [0.5, 0.6) is 5.75 Å². The van der Waals surface area contributed by atoms with E-state index in [1.807, 2.05) is 0 Å². The van der Waals surface area contributed by atoms with Gasteiger partial charge in [-0.15, -0.1) is 10.2 Å². The quantitative estimate of drug-likeness (QED) is 0.788. The second-order valence-corrected chi connectivity index (χ2v) is 5.32. The number of nitrogens with zero attached hydrogens (tertiary/aromatic N) is 3. The summed E-state index contributed by atoms with van der Waals surface area (Å²) in [5, 5.41) is 17.1. The number of rotatable bonds is 5. The van der Waals surface area contributed by atoms with Gasteiger partial charge in [-0.2, -0.15) is 5.26 Å². The minimum atomic E-state index is -0.231. The smallest absolute Gasteiger partial charge is 0.277 e. The summed E-state index contributed by atoms with van der Waals surface area (Å²) in [5.74, 6) is 1.03. The summed E-state index contributed by atoms with van der Waals surface area (Å²) in [6.45, 7) is 1.94. The van der Waals surface area contributed by atoms with Gasteiger partial charge in [-0.3, -0.25) is 0 Å². The van der Waals surface area contributed by atoms with E-state index in [0.29, 0.717) is 21.9 Å². The van der Waals surface area contributed by atoms with Crippen LogP contribution in [0.2, 0.25) is 5.02 Å². The second-order valence-electron chi connectivity index (χ2n) is 3.59. The topological polar surface area (TPSA) is 71.9 Å². The van der Waals surface area contributed by atoms with Gasteiger partial charge in [-0.25, -0.2) is 0 Å². The van der Waals surface area contributed by atoms with Crippen molar-refractivity contribution in [1.29, 1.82) is 5.26 Å². The Balaban J connectivity index is 1.90. The van der Waals surface area contributed by atoms with Crippen LogP contribution in [-0.4, -0.2) is 15.4 Å². The van der Waals surface area contributed by atoms with Gasteiger partial charge in [0.05, 0.1) is 11.3 Å². The standard InChI is InChI=1S/C12H10ClN3O2S/c1-8(6-14)19-12-16-15-11(18-12)7-17-10-4-2-9(13)3-5-10/h2-5,8H,7H2,1H3/t8-/m0/s1. The van der Waals surface area contributed by atoms with E-state index in [1.54, 1.807) is 31.2 Å². The molecule has 0 spiro atoms. The molecule has 0 unspecified atom stereocenters. The van der Waals surface area contributed by atoms with Crippen LogP contribution in [0.4, 0.5) is 0 Å². The summed E-state index contributed by atoms with van der Waals surface area (Å²) in [6.07, 6.45) is 0. The Labute approximate surface area is 119 Å². The van der Waals surface area contributed by atoms with Gasteiger partial charge in [0.2, 0.25) is 0 Å². The van der Waals surface area contributed by atoms with E-state index in [4.69, 9.17) is 26.0 Å². The largest absolute Gasteiger partial charge is 0.484 e. The van der Waals surface area contributed by atoms with Gasteiger partial charge >= 0.3 is 0 Å². The number of halogens is 1. The van der Waals surface area contributed by atoms with Crippen LogP contribution >= 0.6 is 23.4 Å². The van der Waals surface area contributed by atoms with Gasteiger partial charge in [0.15, 0.2) is 6.61 Å². The van der Waals surface area contributed by atoms with E-state index in [2.05, 4.69) is 16.3 Å². The molecule has 5 nitrogen and oxygen atoms in total. The summed E-state index contributed by atoms with van der Waals surface area (Å²) in [4.78, 5) is 0. The first-order valence-corrected chi connectivity index (χ1v) is 6.70. The summed E-state index contributed by atoms with van der Waals surface area (Å²) in [6, 6.07) is 9.06. The molecular formula is C12H10ClN3O2S. The minimum Gasteiger partial charge on any atom is -0.484 e. The van der Waals surface area contributed by atoms with E-state index in [0.717, 1.165) is 0 Å². The molecule has 0 saturated carbocycles. The van der Waals surface area contributed by atoms with Gasteiger partial charge in [0.1, 0.15) is 5.75 Å². The third-order valence-electron chi connectivity index (χ3n) is 2.08. The van der Waals surface area contributed by atoms with E-state index < -0.39 is 0 Å². The second kappa shape index (κ2) is 6.45. The van der Waals surface area contributed by atoms with Crippen LogP contribution in [0.3, 0.4) is 0 Å². The van der Waals surface area contributed by atoms with E-state index in [1.165, 1.54) is 11.8 Å². The Morgan fingerprint density at radius 1 is 1.42 bits per heavy atom. The van der Waals surface area contributed by atoms with Gasteiger partial charge in [0.25, 0.3) is 11.1 Å². The fraction of sp³-hybridized carbons (Fsp3) is 0.250. The maximum Gasteiger partial charge on any atom is 0.277 e. The number of benzene rings is 1. The zero-order chi connectivity index (χ0) is 13.7. The van der Waals surface area contributed by atoms with Crippen molar-refractivity contribution in [3.8, 4) is 11.8 Å². The van der Waals surface area contributed by atoms with E-state index in [-0.39, 0.29) is 11.9 Å². The highest BCUT2D eigenvalue weighted by atomic mass is 35.5. The normalized spacial score (nSPS) is 11.8. The fourth-order valence-corrected chi connectivity index (χ4v) is 1.91. The molecule has 0 bridgehead atoms. The third-order valence-corrected chi connectivity index (χ3v) is 3.16. The van der Waals surface area contributed by atoms with Crippen molar-refractivity contribution < 1.29 is 9.15 Å². The first-order valence-electron chi connectivity index (χ1n) is 5.44. The molecule has 0 radical (unpaired) electrons. The number of thioether (sulfide) groups is 1. The maximum atomic E-state index is 8.68. The van der Waals surface area contributed by atoms with Crippen LogP contribution < -0.4 is 4.74 Å². The van der Waals surface area contributed by atoms with Crippen LogP contribution in [0, 0.1) is 11.3 Å². The molecule has 0 aliphatic carbocycles. The lowest BCUT2D eigenvalue weighted by molar-refractivity contribution is 0.252. The molecule has 2 rings (SSSR count). The summed E-state index contributed by atoms with van der Waals surface area (Å²) in [5.41, 5.74) is 0. The van der Waals surface area contributed by atoms with Crippen LogP contribution in [-0.2, 0) is 6.61 Å². The number of hydrogen-bond donors (Lipinski definition) is 0. The lowest BCUT2D eigenvalue weighted by atomic mass is 10.3. The van der Waals surface area contributed by atoms with Crippen LogP contribution in [0.1, 0.15) is 12.8 Å². The molecule has 0 aliphatic heterocycles. The maximum absolute atomic E-state index is 8.68. The van der Waals surface area contributed by atoms with Gasteiger partial charge in [-0.05, 0) is 43.0 Å². The third kappa shape index (κ3) is 4.16. The molecule has 7 heteroatoms. The molecule has 0 saturated heterocycles. The van der Waals surface area contributed by atoms with Crippen molar-refractivity contribution in [3.63, 3.8) is 0 Å². The molecule has 0 amide bonds. The molecule has 19 heavy (non-hydrogen) atoms. The average molecular weight is 296 g/mol. The molecule has 0 N–H and O–H groups in total. The average Bonchev–Trinajstić information content (AvgIpc) is 2.85. The predicted octanol–water partition coefficient (Wildman–Crippen LogP) is 3.31. The number of aromatic nitrogens is 2. The highest BCUT2D eigenvalue weighted by Crippen LogP contribution is 2.22. The van der Waals surface area contributed by atoms with Crippen molar-refractivity contribution in [2.75, 3.05) is 0 Å². The molecular weight excluding hydrogens is 286 g/mol. The number of hydrogen-bond acceptors (Lipinski definition) is 6. The molecule has 0 fully saturated rings. The highest BCUT2D eigenvalue weighted by molar-refractivity contribution is 7.99. The first kappa shape index (κ1) is 13.7. The summed E-state index contributed by atoms with van der Waals surface area (Å²) >= 11 is 6.98. The predicted molar refractivity (Wildman–Crippen MR) is 71.0 cm³/mol. The van der Waals surface area contributed by atoms with Gasteiger partial charge in [0, 0.05) is 5.02 Å². The first-order chi connectivity index (χ1) is 9.17. The summed E-state index contributed by atoms with van der Waals surface area (Å²) < 4.78 is 10.8. The Morgan fingerprint density at radius 2 is 2.16 bits per heavy atom. The Kier molecular flexibility index (Phi) is 4.66. The van der Waals surface area contributed by atoms with Gasteiger partial charge < -0.3 is 9.15 Å². The molecule has 1 aromatic heterocycles. The minimum absolute atomic E-state index is 0.177. The van der Waals surface area contributed by atoms with E-state index in [9.17, 15) is 0 Å². The van der Waals surface area contributed by atoms with Crippen molar-refractivity contribution in [3.05, 3.63) is 35.2 Å². The van der Waals surface area contributed by atoms with Crippen LogP contribution in [0.25, 0.3) is 0 Å². The zero-order valence-electron chi connectivity index (χ0n) is 10.0. The monoisotopic (exact) mass is 295 g/mol. The Bertz CT molecular complexity index is 579. The molecule has 1 aromatic carbocycles. The molecule has 0 aliphatic rings. The Morgan fingerprint density at radius 3 is 2.84 bits per heavy atom. The van der Waals surface area contributed by atoms with Crippen LogP contribution in [0.15, 0.2) is 33.9 Å². The Hall–Kier alpha value is -1.71. The lowest BCUT2D eigenvalue weighted by Crippen LogP contribution is -1.95. The number of ether oxygens (including phenoxy) is 1. The molecule has 1 heterocycles. The fourth-order valence-electron chi connectivity index (χ4n) is 1.20. The molecule has 1 atom stereocenters. The molecule has 98 valence electrons. The van der Waals surface area contributed by atoms with Crippen molar-refractivity contribution in [2.45, 2.75) is 24.0 Å². The molecule has 2 aromatic rings. The van der Waals surface area contributed by atoms with Crippen molar-refractivity contribution in [1.82, 2.24) is 10.2 Å². The van der Waals surface area contributed by atoms with Crippen molar-refractivity contribution in [2.24, 2.45) is 0 Å². The summed E-state index contributed by atoms with van der Waals surface area (Å²) in [7, 11) is 0. The van der Waals surface area contributed by atoms with Gasteiger partial charge in [-0.1, -0.05) is 11.6 Å². The van der Waals surface area contributed by atoms with Crippen molar-refractivity contribution >= 4 is 23.4 Å². The highest BCUT2D eigenvalue weighted by Gasteiger charge is 2.11. The number of nitriles is 1.